The van der Waals surface area contributed by atoms with E-state index in [2.05, 4.69) is 15.5 Å². The molecule has 1 atom stereocenters. The summed E-state index contributed by atoms with van der Waals surface area (Å²) in [5.74, 6) is 0.913. The Balaban J connectivity index is 1.80. The standard InChI is InChI=1S/C15H21N3O3S/c1-10(2)15(3,20)9-16-12(19)6-7-13-17-14(18-21-13)11-5-4-8-22-11/h4-5,8,10,20H,6-7,9H2,1-3H3,(H,16,19). The molecule has 0 fully saturated rings. The van der Waals surface area contributed by atoms with Gasteiger partial charge in [-0.1, -0.05) is 25.1 Å². The number of carbonyl (C=O) groups excluding carboxylic acids is 1. The minimum Gasteiger partial charge on any atom is -0.388 e. The van der Waals surface area contributed by atoms with Crippen LogP contribution in [-0.4, -0.2) is 33.3 Å². The van der Waals surface area contributed by atoms with Crippen molar-refractivity contribution in [1.29, 1.82) is 0 Å². The van der Waals surface area contributed by atoms with Gasteiger partial charge >= 0.3 is 0 Å². The quantitative estimate of drug-likeness (QED) is 0.816. The first-order valence-electron chi connectivity index (χ1n) is 7.24. The van der Waals surface area contributed by atoms with E-state index < -0.39 is 5.60 Å². The second-order valence-corrected chi connectivity index (χ2v) is 6.73. The minimum atomic E-state index is -0.910. The van der Waals surface area contributed by atoms with Crippen molar-refractivity contribution in [2.75, 3.05) is 6.54 Å². The molecule has 0 saturated carbocycles. The van der Waals surface area contributed by atoms with E-state index in [-0.39, 0.29) is 24.8 Å². The van der Waals surface area contributed by atoms with Crippen molar-refractivity contribution in [3.8, 4) is 10.7 Å². The highest BCUT2D eigenvalue weighted by Gasteiger charge is 2.25. The van der Waals surface area contributed by atoms with Crippen LogP contribution in [0.5, 0.6) is 0 Å². The Hall–Kier alpha value is -1.73. The molecule has 0 aliphatic rings. The summed E-state index contributed by atoms with van der Waals surface area (Å²) in [5.41, 5.74) is -0.910. The third-order valence-electron chi connectivity index (χ3n) is 3.66. The predicted octanol–water partition coefficient (Wildman–Crippen LogP) is 2.25. The average molecular weight is 323 g/mol. The number of hydrogen-bond acceptors (Lipinski definition) is 6. The molecule has 0 saturated heterocycles. The third-order valence-corrected chi connectivity index (χ3v) is 4.53. The number of rotatable bonds is 7. The molecule has 0 aromatic carbocycles. The summed E-state index contributed by atoms with van der Waals surface area (Å²) in [5, 5.41) is 18.7. The molecule has 0 bridgehead atoms. The number of nitrogens with one attached hydrogen (secondary N) is 1. The SMILES string of the molecule is CC(C)C(C)(O)CNC(=O)CCc1nc(-c2cccs2)no1. The first-order valence-corrected chi connectivity index (χ1v) is 8.12. The molecule has 2 rings (SSSR count). The molecular weight excluding hydrogens is 302 g/mol. The van der Waals surface area contributed by atoms with Crippen molar-refractivity contribution in [1.82, 2.24) is 15.5 Å². The summed E-state index contributed by atoms with van der Waals surface area (Å²) in [7, 11) is 0. The van der Waals surface area contributed by atoms with Crippen LogP contribution in [0.3, 0.4) is 0 Å². The second kappa shape index (κ2) is 7.02. The van der Waals surface area contributed by atoms with Gasteiger partial charge in [0, 0.05) is 19.4 Å². The van der Waals surface area contributed by atoms with E-state index in [1.807, 2.05) is 31.4 Å². The van der Waals surface area contributed by atoms with Gasteiger partial charge in [0.25, 0.3) is 0 Å². The molecule has 0 aliphatic carbocycles. The van der Waals surface area contributed by atoms with Crippen molar-refractivity contribution >= 4 is 17.2 Å². The van der Waals surface area contributed by atoms with E-state index in [9.17, 15) is 9.90 Å². The lowest BCUT2D eigenvalue weighted by molar-refractivity contribution is -0.122. The first kappa shape index (κ1) is 16.6. The normalized spacial score (nSPS) is 14.0. The van der Waals surface area contributed by atoms with Crippen LogP contribution in [0.1, 0.15) is 33.1 Å². The lowest BCUT2D eigenvalue weighted by atomic mass is 9.92. The summed E-state index contributed by atoms with van der Waals surface area (Å²) in [4.78, 5) is 17.0. The highest BCUT2D eigenvalue weighted by molar-refractivity contribution is 7.13. The number of hydrogen-bond donors (Lipinski definition) is 2. The molecule has 120 valence electrons. The number of nitrogens with zero attached hydrogens (tertiary/aromatic N) is 2. The lowest BCUT2D eigenvalue weighted by Crippen LogP contribution is -2.44. The lowest BCUT2D eigenvalue weighted by Gasteiger charge is -2.27. The van der Waals surface area contributed by atoms with Gasteiger partial charge < -0.3 is 14.9 Å². The summed E-state index contributed by atoms with van der Waals surface area (Å²) in [6, 6.07) is 3.84. The van der Waals surface area contributed by atoms with Crippen LogP contribution in [0.15, 0.2) is 22.0 Å². The Morgan fingerprint density at radius 3 is 2.95 bits per heavy atom. The molecular formula is C15H21N3O3S. The van der Waals surface area contributed by atoms with Gasteiger partial charge in [-0.2, -0.15) is 4.98 Å². The average Bonchev–Trinajstić information content (AvgIpc) is 3.13. The highest BCUT2D eigenvalue weighted by Crippen LogP contribution is 2.21. The maximum Gasteiger partial charge on any atom is 0.227 e. The summed E-state index contributed by atoms with van der Waals surface area (Å²) < 4.78 is 5.14. The molecule has 6 nitrogen and oxygen atoms in total. The minimum absolute atomic E-state index is 0.0668. The molecule has 0 aliphatic heterocycles. The Morgan fingerprint density at radius 2 is 2.32 bits per heavy atom. The Morgan fingerprint density at radius 1 is 1.55 bits per heavy atom. The number of carbonyl (C=O) groups is 1. The van der Waals surface area contributed by atoms with E-state index in [0.717, 1.165) is 4.88 Å². The molecule has 1 unspecified atom stereocenters. The zero-order valence-corrected chi connectivity index (χ0v) is 13.8. The Labute approximate surface area is 133 Å². The molecule has 2 aromatic heterocycles. The Bertz CT molecular complexity index is 605. The van der Waals surface area contributed by atoms with Crippen molar-refractivity contribution in [3.63, 3.8) is 0 Å². The summed E-state index contributed by atoms with van der Waals surface area (Å²) in [6.45, 7) is 5.77. The molecule has 1 amide bonds. The maximum absolute atomic E-state index is 11.8. The largest absolute Gasteiger partial charge is 0.388 e. The van der Waals surface area contributed by atoms with Crippen LogP contribution in [0.4, 0.5) is 0 Å². The van der Waals surface area contributed by atoms with Gasteiger partial charge in [0.1, 0.15) is 0 Å². The fourth-order valence-corrected chi connectivity index (χ4v) is 2.30. The van der Waals surface area contributed by atoms with Crippen LogP contribution >= 0.6 is 11.3 Å². The fraction of sp³-hybridized carbons (Fsp3) is 0.533. The highest BCUT2D eigenvalue weighted by atomic mass is 32.1. The topological polar surface area (TPSA) is 88.2 Å². The zero-order valence-electron chi connectivity index (χ0n) is 13.0. The second-order valence-electron chi connectivity index (χ2n) is 5.78. The molecule has 2 aromatic rings. The maximum atomic E-state index is 11.8. The Kier molecular flexibility index (Phi) is 5.31. The van der Waals surface area contributed by atoms with E-state index in [1.165, 1.54) is 11.3 Å². The van der Waals surface area contributed by atoms with Crippen molar-refractivity contribution in [2.45, 2.75) is 39.2 Å². The zero-order chi connectivity index (χ0) is 16.2. The van der Waals surface area contributed by atoms with E-state index >= 15 is 0 Å². The van der Waals surface area contributed by atoms with Crippen molar-refractivity contribution in [2.24, 2.45) is 5.92 Å². The first-order chi connectivity index (χ1) is 10.4. The van der Waals surface area contributed by atoms with Gasteiger partial charge in [0.2, 0.25) is 17.6 Å². The van der Waals surface area contributed by atoms with E-state index in [0.29, 0.717) is 18.1 Å². The van der Waals surface area contributed by atoms with Crippen LogP contribution in [0.2, 0.25) is 0 Å². The van der Waals surface area contributed by atoms with Gasteiger partial charge in [-0.3, -0.25) is 4.79 Å². The smallest absolute Gasteiger partial charge is 0.227 e. The van der Waals surface area contributed by atoms with Gasteiger partial charge in [0.05, 0.1) is 10.5 Å². The van der Waals surface area contributed by atoms with Crippen LogP contribution in [-0.2, 0) is 11.2 Å². The van der Waals surface area contributed by atoms with E-state index in [1.54, 1.807) is 6.92 Å². The monoisotopic (exact) mass is 323 g/mol. The molecule has 7 heteroatoms. The third kappa shape index (κ3) is 4.38. The molecule has 2 heterocycles. The number of aliphatic hydroxyl groups is 1. The molecule has 22 heavy (non-hydrogen) atoms. The van der Waals surface area contributed by atoms with Crippen molar-refractivity contribution < 1.29 is 14.4 Å². The van der Waals surface area contributed by atoms with Crippen LogP contribution < -0.4 is 5.32 Å². The summed E-state index contributed by atoms with van der Waals surface area (Å²) in [6.07, 6.45) is 0.633. The van der Waals surface area contributed by atoms with Gasteiger partial charge in [-0.15, -0.1) is 11.3 Å². The number of aryl methyl sites for hydroxylation is 1. The van der Waals surface area contributed by atoms with Gasteiger partial charge in [-0.25, -0.2) is 0 Å². The summed E-state index contributed by atoms with van der Waals surface area (Å²) >= 11 is 1.54. The number of aromatic nitrogens is 2. The van der Waals surface area contributed by atoms with Gasteiger partial charge in [-0.05, 0) is 24.3 Å². The molecule has 0 spiro atoms. The predicted molar refractivity (Wildman–Crippen MR) is 84.4 cm³/mol. The van der Waals surface area contributed by atoms with Crippen LogP contribution in [0.25, 0.3) is 10.7 Å². The van der Waals surface area contributed by atoms with Crippen LogP contribution in [0, 0.1) is 5.92 Å². The van der Waals surface area contributed by atoms with Crippen molar-refractivity contribution in [3.05, 3.63) is 23.4 Å². The van der Waals surface area contributed by atoms with E-state index in [4.69, 9.17) is 4.52 Å². The number of amides is 1. The molecule has 2 N–H and O–H groups in total. The van der Waals surface area contributed by atoms with Gasteiger partial charge in [0.15, 0.2) is 0 Å². The molecule has 0 radical (unpaired) electrons. The fourth-order valence-electron chi connectivity index (χ4n) is 1.65. The number of thiophene rings is 1.